The average molecular weight is 299 g/mol. The summed E-state index contributed by atoms with van der Waals surface area (Å²) in [6.45, 7) is 3.05. The number of halogens is 2. The molecule has 2 rings (SSSR count). The summed E-state index contributed by atoms with van der Waals surface area (Å²) in [7, 11) is 2.08. The van der Waals surface area contributed by atoms with Crippen LogP contribution in [0, 0.1) is 5.82 Å². The lowest BCUT2D eigenvalue weighted by atomic mass is 10.2. The van der Waals surface area contributed by atoms with Gasteiger partial charge in [-0.3, -0.25) is 0 Å². The highest BCUT2D eigenvalue weighted by Crippen LogP contribution is 2.26. The maximum atomic E-state index is 13.1. The molecule has 2 aromatic rings. The topological polar surface area (TPSA) is 46.4 Å². The van der Waals surface area contributed by atoms with Crippen molar-refractivity contribution < 1.29 is 19.4 Å². The monoisotopic (exact) mass is 298 g/mol. The van der Waals surface area contributed by atoms with E-state index in [1.165, 1.54) is 12.5 Å². The molecular formula is C15H20ClFN2O+2. The first kappa shape index (κ1) is 15.0. The number of rotatable bonds is 7. The van der Waals surface area contributed by atoms with Crippen LogP contribution in [-0.2, 0) is 6.54 Å². The normalized spacial score (nSPS) is 10.9. The highest BCUT2D eigenvalue weighted by atomic mass is 35.5. The predicted molar refractivity (Wildman–Crippen MR) is 76.9 cm³/mol. The molecule has 0 fully saturated rings. The summed E-state index contributed by atoms with van der Waals surface area (Å²) in [6, 6.07) is 8.46. The first-order valence-corrected chi connectivity index (χ1v) is 7.22. The van der Waals surface area contributed by atoms with Crippen LogP contribution in [0.2, 0.25) is 5.02 Å². The van der Waals surface area contributed by atoms with Crippen molar-refractivity contribution >= 4 is 11.6 Å². The Morgan fingerprint density at radius 1 is 1.20 bits per heavy atom. The molecule has 0 aliphatic heterocycles. The maximum absolute atomic E-state index is 13.1. The second-order valence-corrected chi connectivity index (χ2v) is 5.13. The van der Waals surface area contributed by atoms with E-state index < -0.39 is 5.82 Å². The number of quaternary nitrogens is 2. The van der Waals surface area contributed by atoms with E-state index in [1.54, 1.807) is 12.1 Å². The van der Waals surface area contributed by atoms with Gasteiger partial charge in [0.2, 0.25) is 0 Å². The second kappa shape index (κ2) is 7.43. The Hall–Kier alpha value is -1.36. The molecule has 5 heteroatoms. The Morgan fingerprint density at radius 2 is 2.05 bits per heavy atom. The molecule has 1 heterocycles. The zero-order chi connectivity index (χ0) is 14.4. The summed E-state index contributed by atoms with van der Waals surface area (Å²) in [5.41, 5.74) is 0.795. The Labute approximate surface area is 123 Å². The van der Waals surface area contributed by atoms with Gasteiger partial charge in [-0.15, -0.1) is 0 Å². The molecule has 0 saturated heterocycles. The number of benzene rings is 1. The van der Waals surface area contributed by atoms with Crippen LogP contribution in [0.4, 0.5) is 4.39 Å². The molecule has 1 aromatic carbocycles. The Morgan fingerprint density at radius 3 is 2.80 bits per heavy atom. The Bertz CT molecular complexity index is 557. The van der Waals surface area contributed by atoms with Gasteiger partial charge in [-0.2, -0.15) is 0 Å². The van der Waals surface area contributed by atoms with Gasteiger partial charge in [0.1, 0.15) is 18.1 Å². The lowest BCUT2D eigenvalue weighted by molar-refractivity contribution is -0.683. The van der Waals surface area contributed by atoms with Crippen LogP contribution in [-0.4, -0.2) is 20.1 Å². The van der Waals surface area contributed by atoms with E-state index in [0.29, 0.717) is 0 Å². The van der Waals surface area contributed by atoms with Gasteiger partial charge < -0.3 is 15.1 Å². The summed E-state index contributed by atoms with van der Waals surface area (Å²) in [5, 5.41) is 4.52. The zero-order valence-electron chi connectivity index (χ0n) is 11.5. The number of hydrogen-bond acceptors (Lipinski definition) is 1. The lowest BCUT2D eigenvalue weighted by Gasteiger charge is -2.00. The smallest absolute Gasteiger partial charge is 0.158 e. The third kappa shape index (κ3) is 4.07. The van der Waals surface area contributed by atoms with Crippen LogP contribution < -0.4 is 10.6 Å². The molecule has 1 aromatic heterocycles. The molecule has 108 valence electrons. The minimum atomic E-state index is -0.414. The SMILES string of the molecule is C[NH2+]CCC[NH2+]Cc1ccc(-c2ccc(F)c(Cl)c2)o1. The van der Waals surface area contributed by atoms with E-state index >= 15 is 0 Å². The molecule has 0 bridgehead atoms. The molecular weight excluding hydrogens is 279 g/mol. The van der Waals surface area contributed by atoms with Gasteiger partial charge in [0.05, 0.1) is 25.2 Å². The zero-order valence-corrected chi connectivity index (χ0v) is 12.3. The summed E-state index contributed by atoms with van der Waals surface area (Å²) < 4.78 is 18.9. The van der Waals surface area contributed by atoms with Crippen LogP contribution >= 0.6 is 11.6 Å². The van der Waals surface area contributed by atoms with Crippen molar-refractivity contribution in [3.63, 3.8) is 0 Å². The van der Waals surface area contributed by atoms with Gasteiger partial charge in [0, 0.05) is 12.0 Å². The molecule has 0 aliphatic rings. The molecule has 0 amide bonds. The molecule has 20 heavy (non-hydrogen) atoms. The largest absolute Gasteiger partial charge is 0.455 e. The Kier molecular flexibility index (Phi) is 5.59. The molecule has 0 radical (unpaired) electrons. The fraction of sp³-hybridized carbons (Fsp3) is 0.333. The fourth-order valence-corrected chi connectivity index (χ4v) is 2.18. The van der Waals surface area contributed by atoms with Crippen LogP contribution in [0.25, 0.3) is 11.3 Å². The number of hydrogen-bond donors (Lipinski definition) is 2. The third-order valence-corrected chi connectivity index (χ3v) is 3.40. The van der Waals surface area contributed by atoms with E-state index in [2.05, 4.69) is 17.7 Å². The molecule has 4 N–H and O–H groups in total. The van der Waals surface area contributed by atoms with Gasteiger partial charge in [0.25, 0.3) is 0 Å². The molecule has 0 spiro atoms. The van der Waals surface area contributed by atoms with Gasteiger partial charge in [-0.1, -0.05) is 11.6 Å². The van der Waals surface area contributed by atoms with Gasteiger partial charge in [0.15, 0.2) is 5.76 Å². The van der Waals surface area contributed by atoms with E-state index in [-0.39, 0.29) is 5.02 Å². The highest BCUT2D eigenvalue weighted by molar-refractivity contribution is 6.31. The summed E-state index contributed by atoms with van der Waals surface area (Å²) in [5.74, 6) is 1.22. The summed E-state index contributed by atoms with van der Waals surface area (Å²) in [4.78, 5) is 0. The van der Waals surface area contributed by atoms with Crippen molar-refractivity contribution in [1.82, 2.24) is 0 Å². The van der Waals surface area contributed by atoms with E-state index in [9.17, 15) is 4.39 Å². The Balaban J connectivity index is 1.93. The first-order valence-electron chi connectivity index (χ1n) is 6.84. The van der Waals surface area contributed by atoms with Crippen molar-refractivity contribution in [2.75, 3.05) is 20.1 Å². The van der Waals surface area contributed by atoms with Gasteiger partial charge in [-0.05, 0) is 30.3 Å². The third-order valence-electron chi connectivity index (χ3n) is 3.11. The molecule has 3 nitrogen and oxygen atoms in total. The first-order chi connectivity index (χ1) is 9.70. The standard InChI is InChI=1S/C15H18ClFN2O/c1-18-7-2-8-19-10-12-4-6-15(20-12)11-3-5-14(17)13(16)9-11/h3-6,9,18-19H,2,7-8,10H2,1H3/p+2. The van der Waals surface area contributed by atoms with Gasteiger partial charge >= 0.3 is 0 Å². The number of furan rings is 1. The van der Waals surface area contributed by atoms with Crippen molar-refractivity contribution in [2.24, 2.45) is 0 Å². The van der Waals surface area contributed by atoms with Gasteiger partial charge in [-0.25, -0.2) is 4.39 Å². The maximum Gasteiger partial charge on any atom is 0.158 e. The van der Waals surface area contributed by atoms with Crippen molar-refractivity contribution in [3.05, 3.63) is 46.9 Å². The van der Waals surface area contributed by atoms with Crippen LogP contribution in [0.1, 0.15) is 12.2 Å². The van der Waals surface area contributed by atoms with E-state index in [1.807, 2.05) is 12.1 Å². The molecule has 0 saturated carbocycles. The van der Waals surface area contributed by atoms with E-state index in [4.69, 9.17) is 16.0 Å². The lowest BCUT2D eigenvalue weighted by Crippen LogP contribution is -2.85. The average Bonchev–Trinajstić information content (AvgIpc) is 2.90. The predicted octanol–water partition coefficient (Wildman–Crippen LogP) is 1.39. The van der Waals surface area contributed by atoms with Crippen molar-refractivity contribution in [3.8, 4) is 11.3 Å². The summed E-state index contributed by atoms with van der Waals surface area (Å²) in [6.07, 6.45) is 1.18. The molecule has 0 aliphatic carbocycles. The van der Waals surface area contributed by atoms with Crippen LogP contribution in [0.15, 0.2) is 34.7 Å². The van der Waals surface area contributed by atoms with Crippen molar-refractivity contribution in [2.45, 2.75) is 13.0 Å². The van der Waals surface area contributed by atoms with Crippen LogP contribution in [0.5, 0.6) is 0 Å². The minimum Gasteiger partial charge on any atom is -0.455 e. The number of nitrogens with two attached hydrogens (primary N) is 2. The fourth-order valence-electron chi connectivity index (χ4n) is 2.00. The molecule has 0 atom stereocenters. The second-order valence-electron chi connectivity index (χ2n) is 4.73. The van der Waals surface area contributed by atoms with E-state index in [0.717, 1.165) is 36.7 Å². The summed E-state index contributed by atoms with van der Waals surface area (Å²) >= 11 is 5.78. The highest BCUT2D eigenvalue weighted by Gasteiger charge is 2.08. The van der Waals surface area contributed by atoms with Crippen LogP contribution in [0.3, 0.4) is 0 Å². The minimum absolute atomic E-state index is 0.114. The van der Waals surface area contributed by atoms with Crippen molar-refractivity contribution in [1.29, 1.82) is 0 Å². The quantitative estimate of drug-likeness (QED) is 0.746. The molecule has 0 unspecified atom stereocenters.